The minimum absolute atomic E-state index is 0.234. The van der Waals surface area contributed by atoms with Gasteiger partial charge in [-0.2, -0.15) is 0 Å². The van der Waals surface area contributed by atoms with Crippen LogP contribution in [-0.2, 0) is 9.53 Å². The summed E-state index contributed by atoms with van der Waals surface area (Å²) in [7, 11) is 0. The zero-order valence-corrected chi connectivity index (χ0v) is 10.4. The molecule has 0 N–H and O–H groups in total. The average molecular weight is 250 g/mol. The van der Waals surface area contributed by atoms with Crippen molar-refractivity contribution in [2.45, 2.75) is 32.9 Å². The molecule has 0 aliphatic rings. The number of esters is 1. The van der Waals surface area contributed by atoms with Gasteiger partial charge in [0.2, 0.25) is 0 Å². The molecule has 2 aromatic heterocycles. The van der Waals surface area contributed by atoms with Gasteiger partial charge in [-0.3, -0.25) is 0 Å². The molecule has 0 aliphatic carbocycles. The standard InChI is InChI=1S/C12H14N2O4/c1-7(2)17-11(15)8(3)14-10-9(18-12(14)16)5-4-6-13-10/h4-8H,1-3H3. The molecule has 1 unspecified atom stereocenters. The van der Waals surface area contributed by atoms with Crippen molar-refractivity contribution in [1.82, 2.24) is 9.55 Å². The predicted molar refractivity (Wildman–Crippen MR) is 64.2 cm³/mol. The molecule has 6 heteroatoms. The summed E-state index contributed by atoms with van der Waals surface area (Å²) < 4.78 is 11.3. The van der Waals surface area contributed by atoms with Crippen molar-refractivity contribution in [3.8, 4) is 0 Å². The van der Waals surface area contributed by atoms with Crippen LogP contribution in [0.15, 0.2) is 27.5 Å². The van der Waals surface area contributed by atoms with Crippen LogP contribution >= 0.6 is 0 Å². The molecule has 2 rings (SSSR count). The highest BCUT2D eigenvalue weighted by atomic mass is 16.5. The van der Waals surface area contributed by atoms with E-state index in [0.29, 0.717) is 11.2 Å². The van der Waals surface area contributed by atoms with Gasteiger partial charge in [-0.1, -0.05) is 0 Å². The number of oxazole rings is 1. The van der Waals surface area contributed by atoms with Crippen LogP contribution in [0.2, 0.25) is 0 Å². The van der Waals surface area contributed by atoms with Gasteiger partial charge in [-0.05, 0) is 32.9 Å². The molecule has 0 bridgehead atoms. The first-order valence-corrected chi connectivity index (χ1v) is 5.67. The van der Waals surface area contributed by atoms with Gasteiger partial charge in [0.05, 0.1) is 6.10 Å². The summed E-state index contributed by atoms with van der Waals surface area (Å²) >= 11 is 0. The first-order chi connectivity index (χ1) is 8.50. The van der Waals surface area contributed by atoms with Gasteiger partial charge in [0, 0.05) is 6.20 Å². The molecule has 0 fully saturated rings. The third kappa shape index (κ3) is 2.13. The summed E-state index contributed by atoms with van der Waals surface area (Å²) in [6.07, 6.45) is 1.30. The van der Waals surface area contributed by atoms with E-state index in [1.54, 1.807) is 32.9 Å². The minimum Gasteiger partial charge on any atom is -0.461 e. The number of ether oxygens (including phenoxy) is 1. The lowest BCUT2D eigenvalue weighted by Crippen LogP contribution is -2.28. The molecular formula is C12H14N2O4. The monoisotopic (exact) mass is 250 g/mol. The van der Waals surface area contributed by atoms with Crippen LogP contribution in [-0.4, -0.2) is 21.6 Å². The Balaban J connectivity index is 2.44. The van der Waals surface area contributed by atoms with Gasteiger partial charge in [0.1, 0.15) is 6.04 Å². The molecule has 2 aromatic rings. The van der Waals surface area contributed by atoms with Crippen molar-refractivity contribution in [1.29, 1.82) is 0 Å². The normalized spacial score (nSPS) is 12.9. The summed E-state index contributed by atoms with van der Waals surface area (Å²) in [6, 6.07) is 2.52. The number of carbonyl (C=O) groups is 1. The fourth-order valence-electron chi connectivity index (χ4n) is 1.65. The Bertz CT molecular complexity index is 626. The molecule has 0 saturated carbocycles. The maximum atomic E-state index is 11.8. The van der Waals surface area contributed by atoms with Gasteiger partial charge in [0.15, 0.2) is 11.2 Å². The molecule has 18 heavy (non-hydrogen) atoms. The van der Waals surface area contributed by atoms with Crippen LogP contribution in [0.5, 0.6) is 0 Å². The number of rotatable bonds is 3. The molecule has 6 nitrogen and oxygen atoms in total. The number of nitrogens with zero attached hydrogens (tertiary/aromatic N) is 2. The van der Waals surface area contributed by atoms with E-state index in [4.69, 9.17) is 9.15 Å². The van der Waals surface area contributed by atoms with Gasteiger partial charge < -0.3 is 9.15 Å². The van der Waals surface area contributed by atoms with Crippen molar-refractivity contribution >= 4 is 17.2 Å². The lowest BCUT2D eigenvalue weighted by Gasteiger charge is -2.13. The fraction of sp³-hybridized carbons (Fsp3) is 0.417. The second kappa shape index (κ2) is 4.64. The van der Waals surface area contributed by atoms with Gasteiger partial charge in [0.25, 0.3) is 0 Å². The van der Waals surface area contributed by atoms with E-state index in [1.807, 2.05) is 0 Å². The Kier molecular flexibility index (Phi) is 3.18. The van der Waals surface area contributed by atoms with E-state index >= 15 is 0 Å². The van der Waals surface area contributed by atoms with E-state index in [2.05, 4.69) is 4.98 Å². The van der Waals surface area contributed by atoms with Crippen molar-refractivity contribution in [2.75, 3.05) is 0 Å². The second-order valence-electron chi connectivity index (χ2n) is 4.22. The molecule has 2 heterocycles. The number of fused-ring (bicyclic) bond motifs is 1. The van der Waals surface area contributed by atoms with Crippen LogP contribution in [0.3, 0.4) is 0 Å². The van der Waals surface area contributed by atoms with Crippen molar-refractivity contribution in [3.05, 3.63) is 28.9 Å². The lowest BCUT2D eigenvalue weighted by molar-refractivity contribution is -0.151. The van der Waals surface area contributed by atoms with E-state index in [9.17, 15) is 9.59 Å². The largest absolute Gasteiger partial charge is 0.461 e. The Morgan fingerprint density at radius 1 is 1.44 bits per heavy atom. The van der Waals surface area contributed by atoms with Gasteiger partial charge in [-0.15, -0.1) is 0 Å². The number of pyridine rings is 1. The van der Waals surface area contributed by atoms with E-state index < -0.39 is 17.8 Å². The van der Waals surface area contributed by atoms with Gasteiger partial charge >= 0.3 is 11.7 Å². The topological polar surface area (TPSA) is 74.3 Å². The summed E-state index contributed by atoms with van der Waals surface area (Å²) in [4.78, 5) is 27.6. The molecule has 0 spiro atoms. The quantitative estimate of drug-likeness (QED) is 0.772. The highest BCUT2D eigenvalue weighted by Gasteiger charge is 2.23. The maximum Gasteiger partial charge on any atom is 0.422 e. The van der Waals surface area contributed by atoms with Crippen LogP contribution < -0.4 is 5.76 Å². The summed E-state index contributed by atoms with van der Waals surface area (Å²) in [5.74, 6) is -1.10. The fourth-order valence-corrected chi connectivity index (χ4v) is 1.65. The summed E-state index contributed by atoms with van der Waals surface area (Å²) in [5, 5.41) is 0. The minimum atomic E-state index is -0.768. The molecule has 0 saturated heterocycles. The predicted octanol–water partition coefficient (Wildman–Crippen LogP) is 1.50. The van der Waals surface area contributed by atoms with E-state index in [-0.39, 0.29) is 6.10 Å². The Morgan fingerprint density at radius 2 is 2.17 bits per heavy atom. The number of carbonyl (C=O) groups excluding carboxylic acids is 1. The zero-order chi connectivity index (χ0) is 13.3. The summed E-state index contributed by atoms with van der Waals surface area (Å²) in [5.41, 5.74) is 0.697. The third-order valence-corrected chi connectivity index (χ3v) is 2.45. The SMILES string of the molecule is CC(C)OC(=O)C(C)n1c(=O)oc2cccnc21. The molecule has 0 radical (unpaired) electrons. The van der Waals surface area contributed by atoms with Gasteiger partial charge in [-0.25, -0.2) is 19.1 Å². The maximum absolute atomic E-state index is 11.8. The summed E-state index contributed by atoms with van der Waals surface area (Å²) in [6.45, 7) is 5.08. The number of hydrogen-bond acceptors (Lipinski definition) is 5. The lowest BCUT2D eigenvalue weighted by atomic mass is 10.3. The molecule has 96 valence electrons. The highest BCUT2D eigenvalue weighted by molar-refractivity contribution is 5.77. The first kappa shape index (κ1) is 12.3. The number of aromatic nitrogens is 2. The molecule has 0 aliphatic heterocycles. The van der Waals surface area contributed by atoms with Crippen LogP contribution in [0.1, 0.15) is 26.8 Å². The molecule has 0 amide bonds. The Hall–Kier alpha value is -2.11. The van der Waals surface area contributed by atoms with Crippen LogP contribution in [0, 0.1) is 0 Å². The van der Waals surface area contributed by atoms with E-state index in [1.165, 1.54) is 10.8 Å². The Morgan fingerprint density at radius 3 is 2.83 bits per heavy atom. The average Bonchev–Trinajstić information content (AvgIpc) is 2.63. The van der Waals surface area contributed by atoms with E-state index in [0.717, 1.165) is 0 Å². The van der Waals surface area contributed by atoms with Crippen molar-refractivity contribution in [2.24, 2.45) is 0 Å². The zero-order valence-electron chi connectivity index (χ0n) is 10.4. The van der Waals surface area contributed by atoms with Crippen molar-refractivity contribution in [3.63, 3.8) is 0 Å². The highest BCUT2D eigenvalue weighted by Crippen LogP contribution is 2.15. The van der Waals surface area contributed by atoms with Crippen LogP contribution in [0.25, 0.3) is 11.2 Å². The second-order valence-corrected chi connectivity index (χ2v) is 4.22. The van der Waals surface area contributed by atoms with Crippen molar-refractivity contribution < 1.29 is 13.9 Å². The number of hydrogen-bond donors (Lipinski definition) is 0. The Labute approximate surface area is 103 Å². The third-order valence-electron chi connectivity index (χ3n) is 2.45. The van der Waals surface area contributed by atoms with Crippen LogP contribution in [0.4, 0.5) is 0 Å². The molecule has 1 atom stereocenters. The molecule has 0 aromatic carbocycles. The first-order valence-electron chi connectivity index (χ1n) is 5.67. The molecular weight excluding hydrogens is 236 g/mol. The smallest absolute Gasteiger partial charge is 0.422 e.